The zero-order valence-corrected chi connectivity index (χ0v) is 40.1. The fraction of sp³-hybridized carbons (Fsp3) is 0.167. The quantitative estimate of drug-likeness (QED) is 0.149. The van der Waals surface area contributed by atoms with Crippen molar-refractivity contribution in [2.45, 2.75) is 68.1 Å². The number of rotatable bonds is 7. The molecule has 0 radical (unpaired) electrons. The molecule has 0 saturated carbocycles. The lowest BCUT2D eigenvalue weighted by Crippen LogP contribution is -2.37. The minimum atomic E-state index is -1.46. The first-order valence-corrected chi connectivity index (χ1v) is 26.3. The van der Waals surface area contributed by atoms with Crippen molar-refractivity contribution in [2.24, 2.45) is 0 Å². The molecule has 0 bridgehead atoms. The van der Waals surface area contributed by atoms with Crippen molar-refractivity contribution < 1.29 is 8.83 Å². The topological polar surface area (TPSA) is 32.8 Å². The Labute approximate surface area is 382 Å². The van der Waals surface area contributed by atoms with Crippen molar-refractivity contribution in [2.75, 3.05) is 9.80 Å². The highest BCUT2D eigenvalue weighted by atomic mass is 28.3. The Morgan fingerprint density at radius 2 is 0.723 bits per heavy atom. The van der Waals surface area contributed by atoms with Crippen LogP contribution in [-0.2, 0) is 0 Å². The summed E-state index contributed by atoms with van der Waals surface area (Å²) in [5.74, 6) is 0. The van der Waals surface area contributed by atoms with Gasteiger partial charge in [-0.15, -0.1) is 0 Å². The lowest BCUT2D eigenvalue weighted by Gasteiger charge is -2.28. The predicted molar refractivity (Wildman–Crippen MR) is 282 cm³/mol. The smallest absolute Gasteiger partial charge is 0.136 e. The van der Waals surface area contributed by atoms with Crippen molar-refractivity contribution in [3.8, 4) is 0 Å². The normalized spacial score (nSPS) is 12.2. The highest BCUT2D eigenvalue weighted by molar-refractivity contribution is 6.88. The lowest BCUT2D eigenvalue weighted by molar-refractivity contribution is 0.663. The molecule has 5 heteroatoms. The van der Waals surface area contributed by atoms with Crippen LogP contribution in [0, 0.1) is 48.5 Å². The molecule has 11 rings (SSSR count). The van der Waals surface area contributed by atoms with E-state index < -0.39 is 8.07 Å². The maximum Gasteiger partial charge on any atom is 0.136 e. The van der Waals surface area contributed by atoms with Crippen LogP contribution in [0.3, 0.4) is 0 Å². The van der Waals surface area contributed by atoms with Crippen LogP contribution >= 0.6 is 0 Å². The first-order chi connectivity index (χ1) is 31.2. The summed E-state index contributed by atoms with van der Waals surface area (Å²) in [4.78, 5) is 4.76. The van der Waals surface area contributed by atoms with E-state index in [1.54, 1.807) is 0 Å². The molecule has 320 valence electrons. The Bertz CT molecular complexity index is 3670. The SMILES string of the molecule is Cc1ccc(N(c2cc(C)c(C)c(C)c2)c2ccc3cc4c(cc3c2)oc2ccc3oc5cc6cc(N(c7ccc([Si](C)(C)C)cc7)c7cc(C)c(C)c(C)c7)ccc6cc5c3c24)cc1. The molecule has 0 aliphatic rings. The molecule has 0 amide bonds. The molecule has 11 aromatic rings. The van der Waals surface area contributed by atoms with Gasteiger partial charge in [-0.2, -0.15) is 0 Å². The van der Waals surface area contributed by atoms with Gasteiger partial charge in [0.15, 0.2) is 0 Å². The summed E-state index contributed by atoms with van der Waals surface area (Å²) < 4.78 is 13.5. The van der Waals surface area contributed by atoms with Crippen LogP contribution in [0.2, 0.25) is 19.6 Å². The van der Waals surface area contributed by atoms with Crippen LogP contribution in [0.1, 0.15) is 38.9 Å². The summed E-state index contributed by atoms with van der Waals surface area (Å²) in [6, 6.07) is 54.0. The molecule has 0 aliphatic heterocycles. The molecule has 0 aliphatic carbocycles. The van der Waals surface area contributed by atoms with Crippen LogP contribution < -0.4 is 15.0 Å². The predicted octanol–water partition coefficient (Wildman–Crippen LogP) is 17.4. The third kappa shape index (κ3) is 6.88. The van der Waals surface area contributed by atoms with Crippen molar-refractivity contribution in [1.82, 2.24) is 0 Å². The Balaban J connectivity index is 1.03. The number of furan rings is 2. The minimum absolute atomic E-state index is 0.854. The van der Waals surface area contributed by atoms with Crippen LogP contribution in [0.5, 0.6) is 0 Å². The monoisotopic (exact) mass is 862 g/mol. The van der Waals surface area contributed by atoms with Gasteiger partial charge in [-0.1, -0.05) is 66.8 Å². The van der Waals surface area contributed by atoms with E-state index in [0.29, 0.717) is 0 Å². The van der Waals surface area contributed by atoms with E-state index in [2.05, 4.69) is 223 Å². The van der Waals surface area contributed by atoms with Crippen molar-refractivity contribution >= 4 is 113 Å². The van der Waals surface area contributed by atoms with E-state index in [-0.39, 0.29) is 0 Å². The van der Waals surface area contributed by atoms with Crippen LogP contribution in [0.4, 0.5) is 34.1 Å². The lowest BCUT2D eigenvalue weighted by atomic mass is 9.99. The van der Waals surface area contributed by atoms with Crippen LogP contribution in [0.15, 0.2) is 154 Å². The van der Waals surface area contributed by atoms with Gasteiger partial charge >= 0.3 is 0 Å². The molecule has 2 aromatic heterocycles. The Kier molecular flexibility index (Phi) is 9.39. The molecule has 0 fully saturated rings. The summed E-state index contributed by atoms with van der Waals surface area (Å²) in [5.41, 5.74) is 19.3. The second-order valence-electron chi connectivity index (χ2n) is 19.5. The van der Waals surface area contributed by atoms with Crippen molar-refractivity contribution in [1.29, 1.82) is 0 Å². The summed E-state index contributed by atoms with van der Waals surface area (Å²) in [5, 5.41) is 10.4. The molecule has 0 atom stereocenters. The van der Waals surface area contributed by atoms with Crippen LogP contribution in [-0.4, -0.2) is 8.07 Å². The Hall–Kier alpha value is -7.08. The molecule has 0 saturated heterocycles. The first-order valence-electron chi connectivity index (χ1n) is 22.8. The second kappa shape index (κ2) is 15.0. The molecule has 2 heterocycles. The fourth-order valence-electron chi connectivity index (χ4n) is 9.86. The summed E-state index contributed by atoms with van der Waals surface area (Å²) >= 11 is 0. The third-order valence-corrected chi connectivity index (χ3v) is 16.2. The Morgan fingerprint density at radius 3 is 1.12 bits per heavy atom. The molecule has 0 N–H and O–H groups in total. The maximum absolute atomic E-state index is 6.73. The van der Waals surface area contributed by atoms with Crippen molar-refractivity contribution in [3.05, 3.63) is 185 Å². The highest BCUT2D eigenvalue weighted by Gasteiger charge is 2.22. The number of anilines is 6. The van der Waals surface area contributed by atoms with Crippen molar-refractivity contribution in [3.63, 3.8) is 0 Å². The van der Waals surface area contributed by atoms with E-state index in [4.69, 9.17) is 8.83 Å². The first kappa shape index (κ1) is 40.7. The van der Waals surface area contributed by atoms with Crippen LogP contribution in [0.25, 0.3) is 65.4 Å². The minimum Gasteiger partial charge on any atom is -0.456 e. The van der Waals surface area contributed by atoms with E-state index in [1.165, 1.54) is 44.1 Å². The maximum atomic E-state index is 6.73. The Morgan fingerprint density at radius 1 is 0.338 bits per heavy atom. The number of hydrogen-bond acceptors (Lipinski definition) is 4. The molecule has 65 heavy (non-hydrogen) atoms. The fourth-order valence-corrected chi connectivity index (χ4v) is 11.0. The number of nitrogens with zero attached hydrogens (tertiary/aromatic N) is 2. The van der Waals surface area contributed by atoms with Gasteiger partial charge in [-0.05, 0) is 213 Å². The number of fused-ring (bicyclic) bond motifs is 9. The van der Waals surface area contributed by atoms with E-state index in [0.717, 1.165) is 99.5 Å². The molecular weight excluding hydrogens is 809 g/mol. The van der Waals surface area contributed by atoms with E-state index >= 15 is 0 Å². The van der Waals surface area contributed by atoms with E-state index in [9.17, 15) is 0 Å². The largest absolute Gasteiger partial charge is 0.456 e. The second-order valence-corrected chi connectivity index (χ2v) is 24.6. The van der Waals surface area contributed by atoms with Gasteiger partial charge < -0.3 is 18.6 Å². The standard InChI is InChI=1S/C60H54N2O2Si/c1-35-11-15-46(16-12-35)61(50-25-36(2)40(6)37(3)26-50)48-17-13-42-31-53-57(33-44(42)29-48)63-55-23-24-56-60(59(53)55)54-32-43-14-18-49(30-45(43)34-58(54)64-56)62(51-27-38(4)41(7)39(5)28-51)47-19-21-52(22-20-47)65(8,9)10/h11-34H,1-10H3. The van der Waals surface area contributed by atoms with Gasteiger partial charge in [0.2, 0.25) is 0 Å². The van der Waals surface area contributed by atoms with Gasteiger partial charge in [0.05, 0.1) is 8.07 Å². The average molecular weight is 863 g/mol. The van der Waals surface area contributed by atoms with Gasteiger partial charge in [0.1, 0.15) is 22.3 Å². The molecule has 0 unspecified atom stereocenters. The third-order valence-electron chi connectivity index (χ3n) is 14.1. The molecule has 4 nitrogen and oxygen atoms in total. The van der Waals surface area contributed by atoms with Gasteiger partial charge in [-0.25, -0.2) is 0 Å². The zero-order valence-electron chi connectivity index (χ0n) is 39.1. The molecular formula is C60H54N2O2Si. The van der Waals surface area contributed by atoms with Gasteiger partial charge in [0, 0.05) is 55.7 Å². The summed E-state index contributed by atoms with van der Waals surface area (Å²) in [6.45, 7) is 22.6. The number of hydrogen-bond donors (Lipinski definition) is 0. The number of benzene rings is 9. The average Bonchev–Trinajstić information content (AvgIpc) is 3.83. The summed E-state index contributed by atoms with van der Waals surface area (Å²) in [6.07, 6.45) is 0. The zero-order chi connectivity index (χ0) is 45.1. The number of aryl methyl sites for hydroxylation is 5. The van der Waals surface area contributed by atoms with Gasteiger partial charge in [-0.3, -0.25) is 0 Å². The summed E-state index contributed by atoms with van der Waals surface area (Å²) in [7, 11) is -1.46. The van der Waals surface area contributed by atoms with E-state index in [1.807, 2.05) is 0 Å². The molecule has 0 spiro atoms. The van der Waals surface area contributed by atoms with Gasteiger partial charge in [0.25, 0.3) is 0 Å². The highest BCUT2D eigenvalue weighted by Crippen LogP contribution is 2.45. The molecule has 9 aromatic carbocycles.